The van der Waals surface area contributed by atoms with Crippen molar-refractivity contribution in [2.24, 2.45) is 0 Å². The first kappa shape index (κ1) is 18.9. The van der Waals surface area contributed by atoms with Gasteiger partial charge in [-0.15, -0.1) is 0 Å². The number of benzene rings is 2. The van der Waals surface area contributed by atoms with Gasteiger partial charge in [-0.05, 0) is 55.8 Å². The number of carbonyl (C=O) groups excluding carboxylic acids is 1. The van der Waals surface area contributed by atoms with Crippen molar-refractivity contribution >= 4 is 27.5 Å². The number of amides is 1. The summed E-state index contributed by atoms with van der Waals surface area (Å²) < 4.78 is 23.1. The molecule has 0 spiro atoms. The molecule has 0 aromatic heterocycles. The second-order valence-electron chi connectivity index (χ2n) is 6.36. The Morgan fingerprint density at radius 1 is 1.15 bits per heavy atom. The predicted octanol–water partition coefficient (Wildman–Crippen LogP) is 2.72. The molecule has 1 atom stereocenters. The fourth-order valence-corrected chi connectivity index (χ4v) is 4.44. The van der Waals surface area contributed by atoms with Crippen LogP contribution in [0, 0.1) is 0 Å². The molecule has 1 aliphatic rings. The number of sulfone groups is 1. The summed E-state index contributed by atoms with van der Waals surface area (Å²) in [6.07, 6.45) is 3.24. The molecule has 3 rings (SSSR count). The average Bonchev–Trinajstić information content (AvgIpc) is 2.63. The van der Waals surface area contributed by atoms with Crippen molar-refractivity contribution in [3.63, 3.8) is 0 Å². The first-order chi connectivity index (χ1) is 12.4. The normalized spacial score (nSPS) is 17.7. The second-order valence-corrected chi connectivity index (χ2v) is 9.49. The topological polar surface area (TPSA) is 75.3 Å². The summed E-state index contributed by atoms with van der Waals surface area (Å²) in [5.41, 5.74) is 0.635. The van der Waals surface area contributed by atoms with E-state index >= 15 is 0 Å². The van der Waals surface area contributed by atoms with Crippen LogP contribution in [0.4, 0.5) is 0 Å². The van der Waals surface area contributed by atoms with Gasteiger partial charge in [0.25, 0.3) is 5.91 Å². The fraction of sp³-hybridized carbons (Fsp3) is 0.316. The molecule has 0 aliphatic carbocycles. The molecular formula is C19H22N2O3S2. The zero-order valence-electron chi connectivity index (χ0n) is 14.6. The second kappa shape index (κ2) is 8.24. The average molecular weight is 391 g/mol. The van der Waals surface area contributed by atoms with Gasteiger partial charge in [0.15, 0.2) is 9.84 Å². The van der Waals surface area contributed by atoms with E-state index in [4.69, 9.17) is 0 Å². The molecule has 5 nitrogen and oxygen atoms in total. The van der Waals surface area contributed by atoms with Crippen molar-refractivity contribution in [3.8, 4) is 0 Å². The molecule has 1 amide bonds. The minimum Gasteiger partial charge on any atom is -0.348 e. The number of carbonyl (C=O) groups is 1. The smallest absolute Gasteiger partial charge is 0.252 e. The van der Waals surface area contributed by atoms with Crippen LogP contribution in [0.5, 0.6) is 0 Å². The molecule has 7 heteroatoms. The van der Waals surface area contributed by atoms with E-state index in [0.29, 0.717) is 5.56 Å². The monoisotopic (exact) mass is 390 g/mol. The third-order valence-corrected chi connectivity index (χ3v) is 6.46. The van der Waals surface area contributed by atoms with Gasteiger partial charge in [0, 0.05) is 28.6 Å². The van der Waals surface area contributed by atoms with Gasteiger partial charge >= 0.3 is 0 Å². The zero-order chi connectivity index (χ0) is 18.6. The van der Waals surface area contributed by atoms with Gasteiger partial charge in [-0.1, -0.05) is 23.9 Å². The van der Waals surface area contributed by atoms with Gasteiger partial charge in [0.1, 0.15) is 0 Å². The predicted molar refractivity (Wildman–Crippen MR) is 103 cm³/mol. The molecule has 0 bridgehead atoms. The van der Waals surface area contributed by atoms with Crippen LogP contribution in [0.3, 0.4) is 0 Å². The van der Waals surface area contributed by atoms with Crippen LogP contribution in [0.2, 0.25) is 0 Å². The first-order valence-corrected chi connectivity index (χ1v) is 11.2. The van der Waals surface area contributed by atoms with Crippen LogP contribution in [-0.2, 0) is 9.84 Å². The van der Waals surface area contributed by atoms with E-state index in [2.05, 4.69) is 10.6 Å². The molecule has 26 heavy (non-hydrogen) atoms. The van der Waals surface area contributed by atoms with Crippen molar-refractivity contribution < 1.29 is 13.2 Å². The lowest BCUT2D eigenvalue weighted by Crippen LogP contribution is -2.45. The Labute approximate surface area is 158 Å². The highest BCUT2D eigenvalue weighted by Gasteiger charge is 2.18. The Bertz CT molecular complexity index is 874. The fourth-order valence-electron chi connectivity index (χ4n) is 2.86. The minimum atomic E-state index is -3.21. The SMILES string of the molecule is CS(=O)(=O)c1ccc(Sc2ccccc2C(=O)N[C@H]2CCCNC2)cc1. The Morgan fingerprint density at radius 3 is 2.54 bits per heavy atom. The molecule has 1 aliphatic heterocycles. The Kier molecular flexibility index (Phi) is 6.01. The summed E-state index contributed by atoms with van der Waals surface area (Å²) in [5, 5.41) is 6.39. The van der Waals surface area contributed by atoms with Gasteiger partial charge in [-0.25, -0.2) is 8.42 Å². The Hall–Kier alpha value is -1.83. The molecule has 138 valence electrons. The van der Waals surface area contributed by atoms with Gasteiger partial charge in [-0.3, -0.25) is 4.79 Å². The van der Waals surface area contributed by atoms with E-state index in [0.717, 1.165) is 35.7 Å². The lowest BCUT2D eigenvalue weighted by atomic mass is 10.1. The molecule has 1 fully saturated rings. The van der Waals surface area contributed by atoms with E-state index in [1.54, 1.807) is 24.3 Å². The van der Waals surface area contributed by atoms with Crippen LogP contribution in [-0.4, -0.2) is 39.7 Å². The molecule has 1 saturated heterocycles. The van der Waals surface area contributed by atoms with Gasteiger partial charge in [0.05, 0.1) is 10.5 Å². The highest BCUT2D eigenvalue weighted by Crippen LogP contribution is 2.31. The van der Waals surface area contributed by atoms with Crippen LogP contribution in [0.1, 0.15) is 23.2 Å². The van der Waals surface area contributed by atoms with Crippen molar-refractivity contribution in [1.29, 1.82) is 0 Å². The summed E-state index contributed by atoms with van der Waals surface area (Å²) in [5.74, 6) is -0.0745. The van der Waals surface area contributed by atoms with E-state index in [1.807, 2.05) is 24.3 Å². The van der Waals surface area contributed by atoms with Crippen LogP contribution in [0.25, 0.3) is 0 Å². The highest BCUT2D eigenvalue weighted by atomic mass is 32.2. The van der Waals surface area contributed by atoms with Crippen molar-refractivity contribution in [2.45, 2.75) is 33.6 Å². The number of rotatable bonds is 5. The molecule has 2 aromatic carbocycles. The van der Waals surface area contributed by atoms with Crippen LogP contribution in [0.15, 0.2) is 63.2 Å². The summed E-state index contributed by atoms with van der Waals surface area (Å²) in [6, 6.07) is 14.3. The molecule has 0 saturated carbocycles. The maximum Gasteiger partial charge on any atom is 0.252 e. The van der Waals surface area contributed by atoms with Crippen molar-refractivity contribution in [2.75, 3.05) is 19.3 Å². The quantitative estimate of drug-likeness (QED) is 0.821. The number of hydrogen-bond acceptors (Lipinski definition) is 5. The summed E-state index contributed by atoms with van der Waals surface area (Å²) in [6.45, 7) is 1.80. The maximum atomic E-state index is 12.7. The number of piperidine rings is 1. The number of hydrogen-bond donors (Lipinski definition) is 2. The van der Waals surface area contributed by atoms with Crippen LogP contribution < -0.4 is 10.6 Å². The lowest BCUT2D eigenvalue weighted by Gasteiger charge is -2.24. The van der Waals surface area contributed by atoms with E-state index in [9.17, 15) is 13.2 Å². The third kappa shape index (κ3) is 4.87. The summed E-state index contributed by atoms with van der Waals surface area (Å²) >= 11 is 1.45. The van der Waals surface area contributed by atoms with Crippen molar-refractivity contribution in [3.05, 3.63) is 54.1 Å². The molecule has 2 aromatic rings. The van der Waals surface area contributed by atoms with Gasteiger partial charge < -0.3 is 10.6 Å². The Balaban J connectivity index is 1.75. The molecule has 2 N–H and O–H groups in total. The summed E-state index contributed by atoms with van der Waals surface area (Å²) in [7, 11) is -3.21. The van der Waals surface area contributed by atoms with Gasteiger partial charge in [0.2, 0.25) is 0 Å². The Morgan fingerprint density at radius 2 is 1.88 bits per heavy atom. The molecule has 0 radical (unpaired) electrons. The van der Waals surface area contributed by atoms with Gasteiger partial charge in [-0.2, -0.15) is 0 Å². The van der Waals surface area contributed by atoms with E-state index in [-0.39, 0.29) is 16.8 Å². The molecular weight excluding hydrogens is 368 g/mol. The number of nitrogens with one attached hydrogen (secondary N) is 2. The third-order valence-electron chi connectivity index (χ3n) is 4.24. The first-order valence-electron chi connectivity index (χ1n) is 8.52. The minimum absolute atomic E-state index is 0.0745. The summed E-state index contributed by atoms with van der Waals surface area (Å²) in [4.78, 5) is 14.7. The lowest BCUT2D eigenvalue weighted by molar-refractivity contribution is 0.0927. The van der Waals surface area contributed by atoms with Crippen LogP contribution >= 0.6 is 11.8 Å². The van der Waals surface area contributed by atoms with E-state index in [1.165, 1.54) is 18.0 Å². The molecule has 0 unspecified atom stereocenters. The zero-order valence-corrected chi connectivity index (χ0v) is 16.2. The standard InChI is InChI=1S/C19H22N2O3S2/c1-26(23,24)16-10-8-15(9-11-16)25-18-7-3-2-6-17(18)19(22)21-14-5-4-12-20-13-14/h2-3,6-11,14,20H,4-5,12-13H2,1H3,(H,21,22)/t14-/m0/s1. The maximum absolute atomic E-state index is 12.7. The van der Waals surface area contributed by atoms with E-state index < -0.39 is 9.84 Å². The highest BCUT2D eigenvalue weighted by molar-refractivity contribution is 7.99. The largest absolute Gasteiger partial charge is 0.348 e. The van der Waals surface area contributed by atoms with Crippen molar-refractivity contribution in [1.82, 2.24) is 10.6 Å². The molecule has 1 heterocycles.